The van der Waals surface area contributed by atoms with Gasteiger partial charge < -0.3 is 31.1 Å². The molecule has 1 aromatic carbocycles. The highest BCUT2D eigenvalue weighted by Crippen LogP contribution is 2.28. The minimum Gasteiger partial charge on any atom is -0.444 e. The summed E-state index contributed by atoms with van der Waals surface area (Å²) in [6.45, 7) is 15.1. The van der Waals surface area contributed by atoms with Gasteiger partial charge in [-0.15, -0.1) is 0 Å². The minimum atomic E-state index is -1.02. The van der Waals surface area contributed by atoms with E-state index in [0.29, 0.717) is 13.0 Å². The summed E-state index contributed by atoms with van der Waals surface area (Å²) in [5.41, 5.74) is 0.256. The molecule has 248 valence electrons. The first kappa shape index (κ1) is 37.0. The summed E-state index contributed by atoms with van der Waals surface area (Å²) in [5.74, 6) is -1.62. The molecule has 0 bridgehead atoms. The monoisotopic (exact) mass is 616 g/mol. The van der Waals surface area contributed by atoms with Gasteiger partial charge in [-0.2, -0.15) is 0 Å². The third kappa shape index (κ3) is 12.8. The van der Waals surface area contributed by atoms with E-state index < -0.39 is 41.8 Å². The highest BCUT2D eigenvalue weighted by Gasteiger charge is 2.36. The third-order valence-corrected chi connectivity index (χ3v) is 7.94. The summed E-state index contributed by atoms with van der Waals surface area (Å²) in [5, 5.41) is 22.8. The zero-order valence-corrected chi connectivity index (χ0v) is 27.9. The maximum absolute atomic E-state index is 13.6. The fourth-order valence-corrected chi connectivity index (χ4v) is 5.57. The molecule has 1 fully saturated rings. The van der Waals surface area contributed by atoms with Crippen LogP contribution in [0.3, 0.4) is 0 Å². The van der Waals surface area contributed by atoms with Crippen molar-refractivity contribution in [2.45, 2.75) is 130 Å². The van der Waals surface area contributed by atoms with Crippen LogP contribution in [-0.2, 0) is 25.7 Å². The van der Waals surface area contributed by atoms with Crippen molar-refractivity contribution in [1.29, 1.82) is 0 Å². The third-order valence-electron chi connectivity index (χ3n) is 7.94. The molecule has 10 nitrogen and oxygen atoms in total. The largest absolute Gasteiger partial charge is 0.444 e. The van der Waals surface area contributed by atoms with Gasteiger partial charge in [-0.1, -0.05) is 77.8 Å². The Hall–Kier alpha value is -3.14. The van der Waals surface area contributed by atoms with Gasteiger partial charge in [0.1, 0.15) is 17.7 Å². The van der Waals surface area contributed by atoms with Crippen molar-refractivity contribution in [1.82, 2.24) is 21.3 Å². The lowest BCUT2D eigenvalue weighted by atomic mass is 9.91. The summed E-state index contributed by atoms with van der Waals surface area (Å²) in [7, 11) is 0. The van der Waals surface area contributed by atoms with Gasteiger partial charge >= 0.3 is 6.09 Å². The van der Waals surface area contributed by atoms with Gasteiger partial charge in [0.15, 0.2) is 0 Å². The smallest absolute Gasteiger partial charge is 0.408 e. The SMILES string of the molecule is CC(C)C[C@H](NC(=O)[C@@H](NC(=O)OC(C)(C)C)C1CCCC1)[C@@H](O)C[C@@H](C)C(=O)N[C@H](C(=O)NCc1ccccc1)C(C)C. The van der Waals surface area contributed by atoms with Crippen LogP contribution in [0.1, 0.15) is 99.5 Å². The Morgan fingerprint density at radius 2 is 1.48 bits per heavy atom. The molecule has 0 aliphatic heterocycles. The summed E-state index contributed by atoms with van der Waals surface area (Å²) in [4.78, 5) is 52.4. The molecule has 4 amide bonds. The van der Waals surface area contributed by atoms with E-state index >= 15 is 0 Å². The number of nitrogens with one attached hydrogen (secondary N) is 4. The highest BCUT2D eigenvalue weighted by molar-refractivity contribution is 5.88. The molecule has 1 saturated carbocycles. The molecule has 0 spiro atoms. The number of alkyl carbamates (subject to hydrolysis) is 1. The van der Waals surface area contributed by atoms with Crippen LogP contribution in [0.2, 0.25) is 0 Å². The van der Waals surface area contributed by atoms with E-state index in [1.54, 1.807) is 27.7 Å². The number of aliphatic hydroxyl groups excluding tert-OH is 1. The van der Waals surface area contributed by atoms with Crippen molar-refractivity contribution in [3.8, 4) is 0 Å². The van der Waals surface area contributed by atoms with Crippen molar-refractivity contribution in [3.05, 3.63) is 35.9 Å². The van der Waals surface area contributed by atoms with E-state index in [1.165, 1.54) is 0 Å². The molecular formula is C34H56N4O6. The van der Waals surface area contributed by atoms with Gasteiger partial charge in [0.25, 0.3) is 0 Å². The molecule has 0 radical (unpaired) electrons. The summed E-state index contributed by atoms with van der Waals surface area (Å²) >= 11 is 0. The number of amides is 4. The van der Waals surface area contributed by atoms with E-state index in [2.05, 4.69) is 21.3 Å². The molecule has 1 aliphatic rings. The molecule has 44 heavy (non-hydrogen) atoms. The standard InChI is InChI=1S/C34H56N4O6/c1-21(2)18-26(36-32(42)29(25-16-12-13-17-25)38-33(43)44-34(6,7)8)27(39)19-23(5)30(40)37-28(22(3)4)31(41)35-20-24-14-10-9-11-15-24/h9-11,14-15,21-23,25-29,39H,12-13,16-20H2,1-8H3,(H,35,41)(H,36,42)(H,37,40)(H,38,43)/t23-,26+,27+,28+,29+/m1/s1. The molecule has 0 unspecified atom stereocenters. The lowest BCUT2D eigenvalue weighted by molar-refractivity contribution is -0.132. The van der Waals surface area contributed by atoms with Crippen molar-refractivity contribution in [3.63, 3.8) is 0 Å². The fourth-order valence-electron chi connectivity index (χ4n) is 5.57. The summed E-state index contributed by atoms with van der Waals surface area (Å²) in [6.07, 6.45) is 2.51. The fraction of sp³-hybridized carbons (Fsp3) is 0.706. The highest BCUT2D eigenvalue weighted by atomic mass is 16.6. The first-order valence-electron chi connectivity index (χ1n) is 16.2. The van der Waals surface area contributed by atoms with Crippen LogP contribution < -0.4 is 21.3 Å². The Kier molecular flexibility index (Phi) is 14.6. The van der Waals surface area contributed by atoms with Gasteiger partial charge in [-0.05, 0) is 69.8 Å². The maximum Gasteiger partial charge on any atom is 0.408 e. The second kappa shape index (κ2) is 17.4. The first-order chi connectivity index (χ1) is 20.6. The van der Waals surface area contributed by atoms with Crippen LogP contribution >= 0.6 is 0 Å². The molecule has 0 aromatic heterocycles. The molecular weight excluding hydrogens is 560 g/mol. The zero-order valence-electron chi connectivity index (χ0n) is 27.9. The second-order valence-corrected chi connectivity index (χ2v) is 14.1. The van der Waals surface area contributed by atoms with Gasteiger partial charge in [-0.3, -0.25) is 14.4 Å². The molecule has 0 saturated heterocycles. The number of carbonyl (C=O) groups is 4. The van der Waals surface area contributed by atoms with E-state index in [0.717, 1.165) is 31.2 Å². The van der Waals surface area contributed by atoms with Gasteiger partial charge in [0.2, 0.25) is 17.7 Å². The maximum atomic E-state index is 13.6. The Morgan fingerprint density at radius 3 is 2.02 bits per heavy atom. The molecule has 5 N–H and O–H groups in total. The van der Waals surface area contributed by atoms with Gasteiger partial charge in [0, 0.05) is 12.5 Å². The lowest BCUT2D eigenvalue weighted by Crippen LogP contribution is -2.56. The number of aliphatic hydroxyl groups is 1. The minimum absolute atomic E-state index is 0.0231. The normalized spacial score (nSPS) is 17.3. The van der Waals surface area contributed by atoms with Crippen molar-refractivity contribution >= 4 is 23.8 Å². The lowest BCUT2D eigenvalue weighted by Gasteiger charge is -2.31. The molecule has 1 aromatic rings. The van der Waals surface area contributed by atoms with E-state index in [-0.39, 0.29) is 41.9 Å². The average Bonchev–Trinajstić information content (AvgIpc) is 3.46. The molecule has 0 heterocycles. The quantitative estimate of drug-likeness (QED) is 0.197. The zero-order chi connectivity index (χ0) is 33.0. The Morgan fingerprint density at radius 1 is 0.864 bits per heavy atom. The van der Waals surface area contributed by atoms with Crippen LogP contribution in [-0.4, -0.2) is 58.8 Å². The molecule has 2 rings (SSSR count). The topological polar surface area (TPSA) is 146 Å². The van der Waals surface area contributed by atoms with Gasteiger partial charge in [-0.25, -0.2) is 4.79 Å². The Balaban J connectivity index is 2.06. The number of hydrogen-bond donors (Lipinski definition) is 5. The average molecular weight is 617 g/mol. The Labute approximate surface area is 263 Å². The predicted octanol–water partition coefficient (Wildman–Crippen LogP) is 4.45. The van der Waals surface area contributed by atoms with Crippen molar-refractivity contribution in [2.75, 3.05) is 0 Å². The number of ether oxygens (including phenoxy) is 1. The van der Waals surface area contributed by atoms with E-state index in [1.807, 2.05) is 58.0 Å². The van der Waals surface area contributed by atoms with E-state index in [9.17, 15) is 24.3 Å². The second-order valence-electron chi connectivity index (χ2n) is 14.1. The summed E-state index contributed by atoms with van der Waals surface area (Å²) < 4.78 is 5.42. The molecule has 1 aliphatic carbocycles. The number of hydrogen-bond acceptors (Lipinski definition) is 6. The van der Waals surface area contributed by atoms with Crippen LogP contribution in [0.15, 0.2) is 30.3 Å². The van der Waals surface area contributed by atoms with Crippen LogP contribution in [0.4, 0.5) is 4.79 Å². The first-order valence-corrected chi connectivity index (χ1v) is 16.2. The predicted molar refractivity (Wildman–Crippen MR) is 171 cm³/mol. The van der Waals surface area contributed by atoms with Gasteiger partial charge in [0.05, 0.1) is 12.1 Å². The van der Waals surface area contributed by atoms with Crippen molar-refractivity contribution < 1.29 is 29.0 Å². The molecule has 10 heteroatoms. The number of rotatable bonds is 15. The Bertz CT molecular complexity index is 1070. The summed E-state index contributed by atoms with van der Waals surface area (Å²) in [6, 6.07) is 7.40. The van der Waals surface area contributed by atoms with Crippen molar-refractivity contribution in [2.24, 2.45) is 23.7 Å². The van der Waals surface area contributed by atoms with Crippen LogP contribution in [0, 0.1) is 23.7 Å². The number of benzene rings is 1. The van der Waals surface area contributed by atoms with Crippen LogP contribution in [0.5, 0.6) is 0 Å². The van der Waals surface area contributed by atoms with E-state index in [4.69, 9.17) is 4.74 Å². The number of carbonyl (C=O) groups excluding carboxylic acids is 4. The van der Waals surface area contributed by atoms with Crippen LogP contribution in [0.25, 0.3) is 0 Å². The molecule has 5 atom stereocenters.